The number of rotatable bonds is 5. The monoisotopic (exact) mass is 400 g/mol. The van der Waals surface area contributed by atoms with Crippen molar-refractivity contribution < 1.29 is 18.8 Å². The number of para-hydroxylation sites is 2. The fourth-order valence-corrected chi connectivity index (χ4v) is 4.23. The highest BCUT2D eigenvalue weighted by Crippen LogP contribution is 2.42. The number of urea groups is 1. The van der Waals surface area contributed by atoms with E-state index >= 15 is 0 Å². The lowest BCUT2D eigenvalue weighted by Gasteiger charge is -2.12. The second-order valence-electron chi connectivity index (χ2n) is 6.17. The Balaban J connectivity index is 1.61. The third-order valence-electron chi connectivity index (χ3n) is 4.22. The Morgan fingerprint density at radius 2 is 2.18 bits per heavy atom. The number of anilines is 2. The molecular weight excluding hydrogens is 380 g/mol. The molecule has 0 bridgehead atoms. The molecule has 1 aliphatic heterocycles. The minimum Gasteiger partial charge on any atom is -0.492 e. The molecule has 0 saturated carbocycles. The van der Waals surface area contributed by atoms with Crippen LogP contribution in [0.4, 0.5) is 15.5 Å². The minimum atomic E-state index is -0.371. The molecule has 3 heterocycles. The number of carbonyl (C=O) groups excluding carboxylic acids is 1. The molecule has 28 heavy (non-hydrogen) atoms. The number of carbonyl (C=O) groups is 1. The van der Waals surface area contributed by atoms with Gasteiger partial charge in [0.25, 0.3) is 5.89 Å². The van der Waals surface area contributed by atoms with Gasteiger partial charge in [0.15, 0.2) is 5.82 Å². The van der Waals surface area contributed by atoms with E-state index in [1.165, 1.54) is 11.3 Å². The van der Waals surface area contributed by atoms with Crippen LogP contribution in [-0.2, 0) is 17.8 Å². The van der Waals surface area contributed by atoms with Crippen molar-refractivity contribution in [3.8, 4) is 17.2 Å². The molecule has 0 atom stereocenters. The van der Waals surface area contributed by atoms with Crippen LogP contribution in [-0.4, -0.2) is 29.4 Å². The van der Waals surface area contributed by atoms with Crippen LogP contribution in [0, 0.1) is 6.92 Å². The van der Waals surface area contributed by atoms with E-state index < -0.39 is 0 Å². The molecule has 0 unspecified atom stereocenters. The predicted octanol–water partition coefficient (Wildman–Crippen LogP) is 4.22. The second kappa shape index (κ2) is 7.99. The smallest absolute Gasteiger partial charge is 0.324 e. The van der Waals surface area contributed by atoms with E-state index in [-0.39, 0.29) is 6.03 Å². The van der Waals surface area contributed by atoms with Crippen molar-refractivity contribution in [1.82, 2.24) is 10.1 Å². The van der Waals surface area contributed by atoms with Gasteiger partial charge < -0.3 is 19.3 Å². The molecule has 0 fully saturated rings. The van der Waals surface area contributed by atoms with Gasteiger partial charge in [0.2, 0.25) is 0 Å². The summed E-state index contributed by atoms with van der Waals surface area (Å²) >= 11 is 1.46. The number of nitrogens with zero attached hydrogens (tertiary/aromatic N) is 2. The fraction of sp³-hybridized carbons (Fsp3) is 0.316. The molecule has 0 saturated heterocycles. The van der Waals surface area contributed by atoms with Crippen molar-refractivity contribution in [2.24, 2.45) is 0 Å². The Labute approximate surface area is 165 Å². The summed E-state index contributed by atoms with van der Waals surface area (Å²) in [6, 6.07) is 6.93. The zero-order chi connectivity index (χ0) is 19.5. The first-order valence-electron chi connectivity index (χ1n) is 8.98. The van der Waals surface area contributed by atoms with Crippen LogP contribution < -0.4 is 15.4 Å². The highest BCUT2D eigenvalue weighted by atomic mass is 32.1. The van der Waals surface area contributed by atoms with E-state index in [4.69, 9.17) is 14.0 Å². The van der Waals surface area contributed by atoms with Crippen LogP contribution in [0.5, 0.6) is 5.75 Å². The number of hydrogen-bond acceptors (Lipinski definition) is 7. The van der Waals surface area contributed by atoms with Gasteiger partial charge in [-0.15, -0.1) is 11.3 Å². The number of aromatic nitrogens is 2. The zero-order valence-corrected chi connectivity index (χ0v) is 16.4. The molecule has 3 aromatic rings. The van der Waals surface area contributed by atoms with Crippen molar-refractivity contribution >= 4 is 28.1 Å². The number of fused-ring (bicyclic) bond motifs is 1. The van der Waals surface area contributed by atoms with Crippen LogP contribution in [0.3, 0.4) is 0 Å². The summed E-state index contributed by atoms with van der Waals surface area (Å²) in [5.74, 6) is 1.57. The van der Waals surface area contributed by atoms with E-state index in [1.54, 1.807) is 13.0 Å². The van der Waals surface area contributed by atoms with Crippen molar-refractivity contribution in [2.45, 2.75) is 26.9 Å². The van der Waals surface area contributed by atoms with Gasteiger partial charge in [-0.2, -0.15) is 4.98 Å². The lowest BCUT2D eigenvalue weighted by molar-refractivity contribution is 0.113. The van der Waals surface area contributed by atoms with Crippen LogP contribution in [0.15, 0.2) is 28.8 Å². The number of nitrogens with one attached hydrogen (secondary N) is 2. The largest absolute Gasteiger partial charge is 0.492 e. The molecule has 1 aromatic carbocycles. The first-order valence-corrected chi connectivity index (χ1v) is 9.80. The van der Waals surface area contributed by atoms with Gasteiger partial charge in [-0.25, -0.2) is 4.79 Å². The van der Waals surface area contributed by atoms with Gasteiger partial charge in [-0.05, 0) is 38.0 Å². The summed E-state index contributed by atoms with van der Waals surface area (Å²) in [5.41, 5.74) is 2.46. The van der Waals surface area contributed by atoms with Gasteiger partial charge in [-0.1, -0.05) is 17.3 Å². The van der Waals surface area contributed by atoms with Crippen LogP contribution in [0.2, 0.25) is 0 Å². The van der Waals surface area contributed by atoms with E-state index in [1.807, 2.05) is 25.1 Å². The molecule has 0 aliphatic carbocycles. The molecule has 1 aliphatic rings. The number of hydrogen-bond donors (Lipinski definition) is 2. The van der Waals surface area contributed by atoms with Gasteiger partial charge in [0.05, 0.1) is 31.1 Å². The summed E-state index contributed by atoms with van der Waals surface area (Å²) in [4.78, 5) is 18.1. The average Bonchev–Trinajstić information content (AvgIpc) is 3.26. The van der Waals surface area contributed by atoms with E-state index in [9.17, 15) is 4.79 Å². The normalized spacial score (nSPS) is 13.1. The van der Waals surface area contributed by atoms with Gasteiger partial charge in [0, 0.05) is 4.88 Å². The zero-order valence-electron chi connectivity index (χ0n) is 15.6. The van der Waals surface area contributed by atoms with Crippen molar-refractivity contribution in [3.63, 3.8) is 0 Å². The highest BCUT2D eigenvalue weighted by Gasteiger charge is 2.26. The topological polar surface area (TPSA) is 98.5 Å². The Hall–Kier alpha value is -2.91. The molecule has 0 spiro atoms. The minimum absolute atomic E-state index is 0.371. The summed E-state index contributed by atoms with van der Waals surface area (Å²) in [7, 11) is 0. The van der Waals surface area contributed by atoms with Gasteiger partial charge in [0.1, 0.15) is 10.8 Å². The first-order chi connectivity index (χ1) is 13.7. The quantitative estimate of drug-likeness (QED) is 0.665. The maximum absolute atomic E-state index is 12.7. The van der Waals surface area contributed by atoms with Crippen molar-refractivity contribution in [1.29, 1.82) is 0 Å². The van der Waals surface area contributed by atoms with Crippen molar-refractivity contribution in [2.75, 3.05) is 23.8 Å². The number of aryl methyl sites for hydroxylation is 1. The van der Waals surface area contributed by atoms with E-state index in [0.717, 1.165) is 22.4 Å². The lowest BCUT2D eigenvalue weighted by atomic mass is 10.1. The molecule has 146 valence electrons. The maximum atomic E-state index is 12.7. The van der Waals surface area contributed by atoms with Crippen molar-refractivity contribution in [3.05, 3.63) is 40.5 Å². The number of thiophene rings is 1. The molecule has 0 radical (unpaired) electrons. The van der Waals surface area contributed by atoms with Gasteiger partial charge in [-0.3, -0.25) is 5.32 Å². The highest BCUT2D eigenvalue weighted by molar-refractivity contribution is 7.17. The maximum Gasteiger partial charge on any atom is 0.324 e. The number of ether oxygens (including phenoxy) is 2. The summed E-state index contributed by atoms with van der Waals surface area (Å²) in [5, 5.41) is 10.3. The Kier molecular flexibility index (Phi) is 5.27. The standard InChI is InChI=1S/C19H20N4O4S/c1-3-26-14-7-5-4-6-13(14)21-19(24)22-18-16(17-20-11(2)23-27-17)12-8-9-25-10-15(12)28-18/h4-7H,3,8-10H2,1-2H3,(H2,21,22,24). The van der Waals surface area contributed by atoms with Crippen LogP contribution in [0.25, 0.3) is 11.5 Å². The molecule has 8 nitrogen and oxygen atoms in total. The van der Waals surface area contributed by atoms with Crippen LogP contribution >= 0.6 is 11.3 Å². The van der Waals surface area contributed by atoms with E-state index in [0.29, 0.717) is 48.0 Å². The molecule has 2 amide bonds. The summed E-state index contributed by atoms with van der Waals surface area (Å²) < 4.78 is 16.5. The van der Waals surface area contributed by atoms with Crippen LogP contribution in [0.1, 0.15) is 23.2 Å². The summed E-state index contributed by atoms with van der Waals surface area (Å²) in [6.07, 6.45) is 0.735. The molecule has 2 N–H and O–H groups in total. The first kappa shape index (κ1) is 18.5. The molecule has 2 aromatic heterocycles. The number of amides is 2. The second-order valence-corrected chi connectivity index (χ2v) is 7.27. The molecule has 9 heteroatoms. The Bertz CT molecular complexity index is 998. The summed E-state index contributed by atoms with van der Waals surface area (Å²) in [6.45, 7) is 5.31. The number of benzene rings is 1. The van der Waals surface area contributed by atoms with Gasteiger partial charge >= 0.3 is 6.03 Å². The van der Waals surface area contributed by atoms with E-state index in [2.05, 4.69) is 20.8 Å². The molecule has 4 rings (SSSR count). The Morgan fingerprint density at radius 1 is 1.32 bits per heavy atom. The third-order valence-corrected chi connectivity index (χ3v) is 5.34. The third kappa shape index (κ3) is 3.71. The average molecular weight is 400 g/mol. The lowest BCUT2D eigenvalue weighted by Crippen LogP contribution is -2.19. The Morgan fingerprint density at radius 3 is 2.96 bits per heavy atom. The molecular formula is C19H20N4O4S. The SMILES string of the molecule is CCOc1ccccc1NC(=O)Nc1sc2c(c1-c1nc(C)no1)CCOC2. The fourth-order valence-electron chi connectivity index (χ4n) is 3.05. The predicted molar refractivity (Wildman–Crippen MR) is 106 cm³/mol.